The van der Waals surface area contributed by atoms with Gasteiger partial charge in [-0.15, -0.1) is 12.8 Å². The lowest BCUT2D eigenvalue weighted by Gasteiger charge is -2.10. The van der Waals surface area contributed by atoms with Crippen LogP contribution in [0.15, 0.2) is 60.7 Å². The van der Waals surface area contributed by atoms with E-state index in [0.29, 0.717) is 0 Å². The summed E-state index contributed by atoms with van der Waals surface area (Å²) in [5.41, 5.74) is 8.56. The summed E-state index contributed by atoms with van der Waals surface area (Å²) in [7, 11) is 0. The molecule has 3 aromatic carbocycles. The largest absolute Gasteiger partial charge is 0.115 e. The number of benzene rings is 3. The SMILES string of the molecule is C#Cc1cc(C)ccc1-c1ccc(-c2ccc(C)cc2C#C)cc1. The third-order valence-electron chi connectivity index (χ3n) is 4.17. The van der Waals surface area contributed by atoms with E-state index in [1.54, 1.807) is 0 Å². The molecule has 0 heterocycles. The zero-order valence-corrected chi connectivity index (χ0v) is 13.9. The molecule has 0 N–H and O–H groups in total. The van der Waals surface area contributed by atoms with Gasteiger partial charge in [0.1, 0.15) is 0 Å². The molecule has 3 rings (SSSR count). The summed E-state index contributed by atoms with van der Waals surface area (Å²) >= 11 is 0. The van der Waals surface area contributed by atoms with E-state index >= 15 is 0 Å². The lowest BCUT2D eigenvalue weighted by molar-refractivity contribution is 1.44. The van der Waals surface area contributed by atoms with Crippen LogP contribution in [0.5, 0.6) is 0 Å². The summed E-state index contributed by atoms with van der Waals surface area (Å²) in [6.45, 7) is 4.10. The molecule has 0 aromatic heterocycles. The number of terminal acetylenes is 2. The van der Waals surface area contributed by atoms with E-state index < -0.39 is 0 Å². The molecule has 3 aromatic rings. The van der Waals surface area contributed by atoms with Crippen LogP contribution in [0, 0.1) is 38.5 Å². The van der Waals surface area contributed by atoms with Gasteiger partial charge in [0.05, 0.1) is 0 Å². The summed E-state index contributed by atoms with van der Waals surface area (Å²) in [5, 5.41) is 0. The van der Waals surface area contributed by atoms with Crippen molar-refractivity contribution < 1.29 is 0 Å². The van der Waals surface area contributed by atoms with Crippen molar-refractivity contribution in [3.8, 4) is 46.9 Å². The Morgan fingerprint density at radius 2 is 0.958 bits per heavy atom. The van der Waals surface area contributed by atoms with Crippen molar-refractivity contribution in [3.05, 3.63) is 82.9 Å². The van der Waals surface area contributed by atoms with E-state index in [-0.39, 0.29) is 0 Å². The maximum absolute atomic E-state index is 5.66. The summed E-state index contributed by atoms with van der Waals surface area (Å²) in [4.78, 5) is 0. The molecule has 0 spiro atoms. The highest BCUT2D eigenvalue weighted by atomic mass is 14.1. The maximum Gasteiger partial charge on any atom is 0.0323 e. The molecule has 0 nitrogen and oxygen atoms in total. The van der Waals surface area contributed by atoms with Crippen molar-refractivity contribution in [2.45, 2.75) is 13.8 Å². The third kappa shape index (κ3) is 2.96. The van der Waals surface area contributed by atoms with Gasteiger partial charge in [-0.3, -0.25) is 0 Å². The van der Waals surface area contributed by atoms with Gasteiger partial charge in [0.2, 0.25) is 0 Å². The first-order valence-corrected chi connectivity index (χ1v) is 7.87. The van der Waals surface area contributed by atoms with Crippen molar-refractivity contribution in [2.75, 3.05) is 0 Å². The van der Waals surface area contributed by atoms with Crippen LogP contribution >= 0.6 is 0 Å². The molecule has 0 aliphatic heterocycles. The van der Waals surface area contributed by atoms with E-state index in [1.165, 1.54) is 11.1 Å². The Hall–Kier alpha value is -3.22. The Morgan fingerprint density at radius 1 is 0.583 bits per heavy atom. The average Bonchev–Trinajstić information content (AvgIpc) is 2.61. The van der Waals surface area contributed by atoms with Gasteiger partial charge in [-0.1, -0.05) is 60.4 Å². The molecule has 0 fully saturated rings. The first-order chi connectivity index (χ1) is 11.6. The fourth-order valence-corrected chi connectivity index (χ4v) is 2.89. The fraction of sp³-hybridized carbons (Fsp3) is 0.0833. The first-order valence-electron chi connectivity index (χ1n) is 7.87. The average molecular weight is 306 g/mol. The Morgan fingerprint density at radius 3 is 1.29 bits per heavy atom. The predicted molar refractivity (Wildman–Crippen MR) is 103 cm³/mol. The van der Waals surface area contributed by atoms with Gasteiger partial charge in [-0.2, -0.15) is 0 Å². The standard InChI is InChI=1S/C24H18/c1-5-19-15-17(3)7-13-23(19)21-9-11-22(12-10-21)24-14-8-18(4)16-20(24)6-2/h1-2,7-16H,3-4H3. The van der Waals surface area contributed by atoms with Crippen LogP contribution in [0.4, 0.5) is 0 Å². The van der Waals surface area contributed by atoms with Gasteiger partial charge in [0, 0.05) is 11.1 Å². The van der Waals surface area contributed by atoms with Crippen LogP contribution in [-0.4, -0.2) is 0 Å². The van der Waals surface area contributed by atoms with Gasteiger partial charge >= 0.3 is 0 Å². The molecule has 0 aliphatic carbocycles. The highest BCUT2D eigenvalue weighted by Gasteiger charge is 2.07. The van der Waals surface area contributed by atoms with Crippen LogP contribution in [0.3, 0.4) is 0 Å². The van der Waals surface area contributed by atoms with E-state index in [2.05, 4.69) is 60.4 Å². The molecule has 0 bridgehead atoms. The van der Waals surface area contributed by atoms with E-state index in [1.807, 2.05) is 26.0 Å². The van der Waals surface area contributed by atoms with Gasteiger partial charge in [0.25, 0.3) is 0 Å². The number of hydrogen-bond acceptors (Lipinski definition) is 0. The van der Waals surface area contributed by atoms with Crippen LogP contribution in [0.1, 0.15) is 22.3 Å². The second-order valence-electron chi connectivity index (χ2n) is 5.96. The number of aryl methyl sites for hydroxylation is 2. The molecule has 0 atom stereocenters. The van der Waals surface area contributed by atoms with Crippen LogP contribution < -0.4 is 0 Å². The molecule has 0 unspecified atom stereocenters. The smallest absolute Gasteiger partial charge is 0.0323 e. The molecule has 0 saturated carbocycles. The minimum atomic E-state index is 0.919. The van der Waals surface area contributed by atoms with Crippen LogP contribution in [0.25, 0.3) is 22.3 Å². The molecule has 0 aliphatic rings. The number of hydrogen-bond donors (Lipinski definition) is 0. The van der Waals surface area contributed by atoms with Gasteiger partial charge in [-0.05, 0) is 59.4 Å². The van der Waals surface area contributed by atoms with Crippen LogP contribution in [-0.2, 0) is 0 Å². The van der Waals surface area contributed by atoms with Crippen molar-refractivity contribution in [2.24, 2.45) is 0 Å². The summed E-state index contributed by atoms with van der Waals surface area (Å²) < 4.78 is 0. The zero-order valence-electron chi connectivity index (χ0n) is 13.9. The Balaban J connectivity index is 2.04. The van der Waals surface area contributed by atoms with Gasteiger partial charge < -0.3 is 0 Å². The van der Waals surface area contributed by atoms with E-state index in [9.17, 15) is 0 Å². The van der Waals surface area contributed by atoms with E-state index in [0.717, 1.165) is 33.4 Å². The molecule has 0 radical (unpaired) electrons. The second kappa shape index (κ2) is 6.49. The van der Waals surface area contributed by atoms with Gasteiger partial charge in [-0.25, -0.2) is 0 Å². The van der Waals surface area contributed by atoms with Crippen LogP contribution in [0.2, 0.25) is 0 Å². The van der Waals surface area contributed by atoms with Crippen molar-refractivity contribution in [3.63, 3.8) is 0 Å². The molecule has 0 amide bonds. The second-order valence-corrected chi connectivity index (χ2v) is 5.96. The Labute approximate surface area is 144 Å². The Bertz CT molecular complexity index is 892. The lowest BCUT2D eigenvalue weighted by atomic mass is 9.94. The van der Waals surface area contributed by atoms with Gasteiger partial charge in [0.15, 0.2) is 0 Å². The monoisotopic (exact) mass is 306 g/mol. The minimum Gasteiger partial charge on any atom is -0.115 e. The van der Waals surface area contributed by atoms with E-state index in [4.69, 9.17) is 12.8 Å². The highest BCUT2D eigenvalue weighted by Crippen LogP contribution is 2.29. The lowest BCUT2D eigenvalue weighted by Crippen LogP contribution is -1.88. The van der Waals surface area contributed by atoms with Crippen molar-refractivity contribution in [1.82, 2.24) is 0 Å². The summed E-state index contributed by atoms with van der Waals surface area (Å²) in [6, 6.07) is 20.8. The quantitative estimate of drug-likeness (QED) is 0.541. The number of rotatable bonds is 2. The molecule has 24 heavy (non-hydrogen) atoms. The molecule has 0 saturated heterocycles. The zero-order chi connectivity index (χ0) is 17.1. The topological polar surface area (TPSA) is 0 Å². The predicted octanol–water partition coefficient (Wildman–Crippen LogP) is 5.60. The molecule has 0 heteroatoms. The third-order valence-corrected chi connectivity index (χ3v) is 4.17. The molecular weight excluding hydrogens is 288 g/mol. The first kappa shape index (κ1) is 15.7. The minimum absolute atomic E-state index is 0.919. The normalized spacial score (nSPS) is 10.0. The fourth-order valence-electron chi connectivity index (χ4n) is 2.89. The van der Waals surface area contributed by atoms with Crippen molar-refractivity contribution >= 4 is 0 Å². The maximum atomic E-state index is 5.66. The summed E-state index contributed by atoms with van der Waals surface area (Å²) in [5.74, 6) is 5.56. The molecular formula is C24H18. The van der Waals surface area contributed by atoms with Crippen molar-refractivity contribution in [1.29, 1.82) is 0 Å². The Kier molecular flexibility index (Phi) is 4.24. The molecule has 114 valence electrons. The highest BCUT2D eigenvalue weighted by molar-refractivity contribution is 5.77. The summed E-state index contributed by atoms with van der Waals surface area (Å²) in [6.07, 6.45) is 11.3.